The molecule has 1 aliphatic heterocycles. The fraction of sp³-hybridized carbons (Fsp3) is 0.632. The van der Waals surface area contributed by atoms with Gasteiger partial charge in [-0.15, -0.1) is 0 Å². The minimum atomic E-state index is -0.151. The molecule has 5 nitrogen and oxygen atoms in total. The van der Waals surface area contributed by atoms with Crippen LogP contribution in [-0.4, -0.2) is 50.3 Å². The van der Waals surface area contributed by atoms with E-state index in [2.05, 4.69) is 10.2 Å². The number of anilines is 1. The number of carbonyl (C=O) groups is 1. The zero-order valence-corrected chi connectivity index (χ0v) is 14.5. The molecular formula is C19H28N2O3. The maximum absolute atomic E-state index is 11.4. The molecule has 2 fully saturated rings. The Balaban J connectivity index is 1.35. The molecule has 2 aliphatic rings. The Morgan fingerprint density at radius 3 is 2.88 bits per heavy atom. The van der Waals surface area contributed by atoms with Crippen LogP contribution >= 0.6 is 0 Å². The van der Waals surface area contributed by atoms with E-state index < -0.39 is 0 Å². The van der Waals surface area contributed by atoms with Gasteiger partial charge in [-0.05, 0) is 62.4 Å². The van der Waals surface area contributed by atoms with Gasteiger partial charge in [0.2, 0.25) is 5.91 Å². The van der Waals surface area contributed by atoms with E-state index in [4.69, 9.17) is 9.47 Å². The molecule has 1 aliphatic carbocycles. The Morgan fingerprint density at radius 1 is 1.25 bits per heavy atom. The van der Waals surface area contributed by atoms with Gasteiger partial charge >= 0.3 is 0 Å². The smallest absolute Gasteiger partial charge is 0.250 e. The molecule has 0 aromatic heterocycles. The number of hydrogen-bond donors (Lipinski definition) is 1. The average Bonchev–Trinajstić information content (AvgIpc) is 3.17. The standard InChI is InChI=1S/C19H28N2O3/c1-23-14-19(22)20-16-6-8-17(9-7-16)24-13-3-11-21-12-10-15-4-2-5-18(15)21/h6-9,15,18H,2-5,10-14H2,1H3,(H,20,22)/t15-,18-/m1/s1. The van der Waals surface area contributed by atoms with E-state index in [0.717, 1.165) is 43.0 Å². The van der Waals surface area contributed by atoms with Crippen molar-refractivity contribution in [3.63, 3.8) is 0 Å². The largest absolute Gasteiger partial charge is 0.494 e. The first-order valence-corrected chi connectivity index (χ1v) is 9.02. The molecule has 1 aromatic rings. The highest BCUT2D eigenvalue weighted by Gasteiger charge is 2.36. The maximum atomic E-state index is 11.4. The van der Waals surface area contributed by atoms with Gasteiger partial charge in [0.15, 0.2) is 0 Å². The summed E-state index contributed by atoms with van der Waals surface area (Å²) in [6.45, 7) is 3.22. The molecule has 1 N–H and O–H groups in total. The molecule has 0 bridgehead atoms. The Labute approximate surface area is 144 Å². The van der Waals surface area contributed by atoms with Crippen molar-refractivity contribution in [2.75, 3.05) is 38.7 Å². The Bertz CT molecular complexity index is 532. The van der Waals surface area contributed by atoms with Crippen LogP contribution in [0.2, 0.25) is 0 Å². The quantitative estimate of drug-likeness (QED) is 0.744. The van der Waals surface area contributed by atoms with Crippen LogP contribution in [0.1, 0.15) is 32.1 Å². The molecule has 1 saturated carbocycles. The molecule has 0 spiro atoms. The molecule has 24 heavy (non-hydrogen) atoms. The third kappa shape index (κ3) is 4.48. The maximum Gasteiger partial charge on any atom is 0.250 e. The monoisotopic (exact) mass is 332 g/mol. The summed E-state index contributed by atoms with van der Waals surface area (Å²) >= 11 is 0. The Hall–Kier alpha value is -1.59. The van der Waals surface area contributed by atoms with Crippen LogP contribution in [0.5, 0.6) is 5.75 Å². The lowest BCUT2D eigenvalue weighted by molar-refractivity contribution is -0.119. The number of benzene rings is 1. The van der Waals surface area contributed by atoms with Crippen molar-refractivity contribution in [3.05, 3.63) is 24.3 Å². The van der Waals surface area contributed by atoms with E-state index >= 15 is 0 Å². The molecule has 1 aromatic carbocycles. The number of carbonyl (C=O) groups excluding carboxylic acids is 1. The van der Waals surface area contributed by atoms with Crippen molar-refractivity contribution in [1.29, 1.82) is 0 Å². The second-order valence-corrected chi connectivity index (χ2v) is 6.79. The van der Waals surface area contributed by atoms with Gasteiger partial charge in [-0.2, -0.15) is 0 Å². The number of likely N-dealkylation sites (tertiary alicyclic amines) is 1. The summed E-state index contributed by atoms with van der Waals surface area (Å²) in [7, 11) is 1.51. The highest BCUT2D eigenvalue weighted by atomic mass is 16.5. The zero-order chi connectivity index (χ0) is 16.8. The lowest BCUT2D eigenvalue weighted by Crippen LogP contribution is -2.31. The summed E-state index contributed by atoms with van der Waals surface area (Å²) < 4.78 is 10.6. The second-order valence-electron chi connectivity index (χ2n) is 6.79. The number of methoxy groups -OCH3 is 1. The molecule has 0 unspecified atom stereocenters. The molecule has 1 saturated heterocycles. The number of ether oxygens (including phenoxy) is 2. The number of hydrogen-bond acceptors (Lipinski definition) is 4. The molecule has 5 heteroatoms. The molecular weight excluding hydrogens is 304 g/mol. The van der Waals surface area contributed by atoms with Gasteiger partial charge in [-0.25, -0.2) is 0 Å². The third-order valence-electron chi connectivity index (χ3n) is 5.15. The van der Waals surface area contributed by atoms with Crippen molar-refractivity contribution in [1.82, 2.24) is 4.90 Å². The first-order valence-electron chi connectivity index (χ1n) is 9.02. The summed E-state index contributed by atoms with van der Waals surface area (Å²) in [6.07, 6.45) is 6.69. The Morgan fingerprint density at radius 2 is 2.08 bits per heavy atom. The summed E-state index contributed by atoms with van der Waals surface area (Å²) in [6, 6.07) is 8.34. The summed E-state index contributed by atoms with van der Waals surface area (Å²) in [5.74, 6) is 1.66. The average molecular weight is 332 g/mol. The van der Waals surface area contributed by atoms with E-state index in [1.807, 2.05) is 24.3 Å². The van der Waals surface area contributed by atoms with E-state index in [0.29, 0.717) is 0 Å². The number of nitrogens with zero attached hydrogens (tertiary/aromatic N) is 1. The fourth-order valence-electron chi connectivity index (χ4n) is 4.03. The van der Waals surface area contributed by atoms with Crippen LogP contribution in [0, 0.1) is 5.92 Å². The van der Waals surface area contributed by atoms with E-state index in [-0.39, 0.29) is 12.5 Å². The first-order chi connectivity index (χ1) is 11.8. The van der Waals surface area contributed by atoms with Crippen LogP contribution < -0.4 is 10.1 Å². The zero-order valence-electron chi connectivity index (χ0n) is 14.5. The van der Waals surface area contributed by atoms with Crippen LogP contribution in [0.25, 0.3) is 0 Å². The summed E-state index contributed by atoms with van der Waals surface area (Å²) in [4.78, 5) is 14.1. The fourth-order valence-corrected chi connectivity index (χ4v) is 4.03. The molecule has 3 rings (SSSR count). The number of nitrogens with one attached hydrogen (secondary N) is 1. The topological polar surface area (TPSA) is 50.8 Å². The van der Waals surface area contributed by atoms with Crippen molar-refractivity contribution in [3.8, 4) is 5.75 Å². The van der Waals surface area contributed by atoms with Gasteiger partial charge in [0.1, 0.15) is 12.4 Å². The third-order valence-corrected chi connectivity index (χ3v) is 5.15. The SMILES string of the molecule is COCC(=O)Nc1ccc(OCCCN2CC[C@H]3CCC[C@H]32)cc1. The van der Waals surface area contributed by atoms with Gasteiger partial charge in [-0.1, -0.05) is 6.42 Å². The summed E-state index contributed by atoms with van der Waals surface area (Å²) in [5, 5.41) is 2.77. The highest BCUT2D eigenvalue weighted by Crippen LogP contribution is 2.37. The van der Waals surface area contributed by atoms with Gasteiger partial charge in [-0.3, -0.25) is 9.69 Å². The predicted octanol–water partition coefficient (Wildman–Crippen LogP) is 2.91. The van der Waals surface area contributed by atoms with Crippen molar-refractivity contribution < 1.29 is 14.3 Å². The number of amides is 1. The highest BCUT2D eigenvalue weighted by molar-refractivity contribution is 5.91. The lowest BCUT2D eigenvalue weighted by Gasteiger charge is -2.23. The lowest BCUT2D eigenvalue weighted by atomic mass is 10.0. The van der Waals surface area contributed by atoms with Crippen LogP contribution in [0.3, 0.4) is 0 Å². The molecule has 1 heterocycles. The Kier molecular flexibility index (Phi) is 6.10. The van der Waals surface area contributed by atoms with Crippen molar-refractivity contribution in [2.45, 2.75) is 38.1 Å². The predicted molar refractivity (Wildman–Crippen MR) is 94.4 cm³/mol. The van der Waals surface area contributed by atoms with Gasteiger partial charge in [0, 0.05) is 25.4 Å². The number of fused-ring (bicyclic) bond motifs is 1. The van der Waals surface area contributed by atoms with Gasteiger partial charge in [0.05, 0.1) is 6.61 Å². The first kappa shape index (κ1) is 17.2. The van der Waals surface area contributed by atoms with Crippen molar-refractivity contribution in [2.24, 2.45) is 5.92 Å². The molecule has 1 amide bonds. The molecule has 0 radical (unpaired) electrons. The van der Waals surface area contributed by atoms with Crippen LogP contribution in [0.15, 0.2) is 24.3 Å². The van der Waals surface area contributed by atoms with Crippen LogP contribution in [0.4, 0.5) is 5.69 Å². The van der Waals surface area contributed by atoms with E-state index in [1.54, 1.807) is 0 Å². The van der Waals surface area contributed by atoms with E-state index in [1.165, 1.54) is 39.3 Å². The summed E-state index contributed by atoms with van der Waals surface area (Å²) in [5.41, 5.74) is 0.758. The number of rotatable bonds is 8. The minimum Gasteiger partial charge on any atom is -0.494 e. The van der Waals surface area contributed by atoms with Gasteiger partial charge in [0.25, 0.3) is 0 Å². The molecule has 2 atom stereocenters. The minimum absolute atomic E-state index is 0.0661. The van der Waals surface area contributed by atoms with Gasteiger partial charge < -0.3 is 14.8 Å². The van der Waals surface area contributed by atoms with E-state index in [9.17, 15) is 4.79 Å². The molecule has 132 valence electrons. The normalized spacial score (nSPS) is 23.2. The second kappa shape index (κ2) is 8.49. The van der Waals surface area contributed by atoms with Crippen molar-refractivity contribution >= 4 is 11.6 Å². The van der Waals surface area contributed by atoms with Crippen LogP contribution in [-0.2, 0) is 9.53 Å².